The van der Waals surface area contributed by atoms with Crippen LogP contribution in [0.1, 0.15) is 31.2 Å². The van der Waals surface area contributed by atoms with Crippen molar-refractivity contribution in [2.45, 2.75) is 32.2 Å². The van der Waals surface area contributed by atoms with E-state index in [0.29, 0.717) is 12.3 Å². The van der Waals surface area contributed by atoms with Gasteiger partial charge in [-0.1, -0.05) is 12.1 Å². The fraction of sp³-hybridized carbons (Fsp3) is 0.588. The molecule has 21 heavy (non-hydrogen) atoms. The molecule has 0 bridgehead atoms. The Morgan fingerprint density at radius 1 is 1.29 bits per heavy atom. The summed E-state index contributed by atoms with van der Waals surface area (Å²) >= 11 is 0. The van der Waals surface area contributed by atoms with Crippen molar-refractivity contribution in [1.82, 2.24) is 4.90 Å². The standard InChI is InChI=1S/C17H25NO3/c1-20-16-8-5-15(6-9-16)13-18-11-3-4-14(12-18)7-10-17(19)21-2/h5-6,8-9,14H,3-4,7,10-13H2,1-2H3. The summed E-state index contributed by atoms with van der Waals surface area (Å²) in [6, 6.07) is 8.26. The first-order valence-corrected chi connectivity index (χ1v) is 7.63. The number of nitrogens with zero attached hydrogens (tertiary/aromatic N) is 1. The van der Waals surface area contributed by atoms with Crippen molar-refractivity contribution in [2.24, 2.45) is 5.92 Å². The van der Waals surface area contributed by atoms with Gasteiger partial charge in [0.1, 0.15) is 5.75 Å². The number of carbonyl (C=O) groups is 1. The molecule has 0 aromatic heterocycles. The van der Waals surface area contributed by atoms with Crippen molar-refractivity contribution in [3.05, 3.63) is 29.8 Å². The highest BCUT2D eigenvalue weighted by Crippen LogP contribution is 2.23. The molecule has 1 aliphatic heterocycles. The average Bonchev–Trinajstić information content (AvgIpc) is 2.53. The second-order valence-electron chi connectivity index (χ2n) is 5.71. The first-order chi connectivity index (χ1) is 10.2. The lowest BCUT2D eigenvalue weighted by molar-refractivity contribution is -0.141. The van der Waals surface area contributed by atoms with Crippen molar-refractivity contribution in [2.75, 3.05) is 27.3 Å². The first kappa shape index (κ1) is 15.8. The van der Waals surface area contributed by atoms with Crippen molar-refractivity contribution in [1.29, 1.82) is 0 Å². The van der Waals surface area contributed by atoms with E-state index in [4.69, 9.17) is 9.47 Å². The zero-order valence-electron chi connectivity index (χ0n) is 13.0. The number of carbonyl (C=O) groups excluding carboxylic acids is 1. The summed E-state index contributed by atoms with van der Waals surface area (Å²) in [4.78, 5) is 13.7. The third-order valence-corrected chi connectivity index (χ3v) is 4.15. The zero-order valence-corrected chi connectivity index (χ0v) is 13.0. The molecule has 4 nitrogen and oxygen atoms in total. The van der Waals surface area contributed by atoms with Crippen LogP contribution < -0.4 is 4.74 Å². The molecule has 2 rings (SSSR count). The fourth-order valence-electron chi connectivity index (χ4n) is 2.94. The molecule has 0 radical (unpaired) electrons. The predicted molar refractivity (Wildman–Crippen MR) is 82.2 cm³/mol. The quantitative estimate of drug-likeness (QED) is 0.756. The van der Waals surface area contributed by atoms with Gasteiger partial charge in [-0.2, -0.15) is 0 Å². The van der Waals surface area contributed by atoms with Gasteiger partial charge in [-0.3, -0.25) is 9.69 Å². The van der Waals surface area contributed by atoms with Gasteiger partial charge < -0.3 is 9.47 Å². The van der Waals surface area contributed by atoms with Crippen LogP contribution in [0.4, 0.5) is 0 Å². The summed E-state index contributed by atoms with van der Waals surface area (Å²) in [5.41, 5.74) is 1.31. The Labute approximate surface area is 127 Å². The highest BCUT2D eigenvalue weighted by atomic mass is 16.5. The van der Waals surface area contributed by atoms with E-state index in [1.54, 1.807) is 7.11 Å². The third-order valence-electron chi connectivity index (χ3n) is 4.15. The second kappa shape index (κ2) is 8.03. The number of piperidine rings is 1. The Kier molecular flexibility index (Phi) is 6.05. The molecular formula is C17H25NO3. The van der Waals surface area contributed by atoms with Crippen molar-refractivity contribution in [3.63, 3.8) is 0 Å². The molecule has 1 heterocycles. The van der Waals surface area contributed by atoms with Gasteiger partial charge in [-0.05, 0) is 49.4 Å². The number of hydrogen-bond acceptors (Lipinski definition) is 4. The van der Waals surface area contributed by atoms with Crippen LogP contribution in [0.2, 0.25) is 0 Å². The minimum Gasteiger partial charge on any atom is -0.497 e. The maximum Gasteiger partial charge on any atom is 0.305 e. The summed E-state index contributed by atoms with van der Waals surface area (Å²) in [5.74, 6) is 1.41. The highest BCUT2D eigenvalue weighted by Gasteiger charge is 2.20. The number of rotatable bonds is 6. The van der Waals surface area contributed by atoms with E-state index in [1.165, 1.54) is 25.5 Å². The molecule has 1 atom stereocenters. The van der Waals surface area contributed by atoms with Crippen molar-refractivity contribution in [3.8, 4) is 5.75 Å². The third kappa shape index (κ3) is 5.05. The van der Waals surface area contributed by atoms with E-state index >= 15 is 0 Å². The molecule has 0 aliphatic carbocycles. The molecule has 4 heteroatoms. The molecule has 0 spiro atoms. The van der Waals surface area contributed by atoms with Crippen LogP contribution in [0.3, 0.4) is 0 Å². The van der Waals surface area contributed by atoms with Crippen LogP contribution in [-0.2, 0) is 16.1 Å². The Morgan fingerprint density at radius 3 is 2.71 bits per heavy atom. The summed E-state index contributed by atoms with van der Waals surface area (Å²) in [5, 5.41) is 0. The first-order valence-electron chi connectivity index (χ1n) is 7.63. The molecular weight excluding hydrogens is 266 g/mol. The van der Waals surface area contributed by atoms with Gasteiger partial charge in [0.2, 0.25) is 0 Å². The van der Waals surface area contributed by atoms with Crippen LogP contribution in [0.25, 0.3) is 0 Å². The minimum absolute atomic E-state index is 0.0951. The van der Waals surface area contributed by atoms with Crippen LogP contribution in [0.5, 0.6) is 5.75 Å². The van der Waals surface area contributed by atoms with Gasteiger partial charge >= 0.3 is 5.97 Å². The van der Waals surface area contributed by atoms with Gasteiger partial charge in [0, 0.05) is 19.5 Å². The number of hydrogen-bond donors (Lipinski definition) is 0. The van der Waals surface area contributed by atoms with Crippen LogP contribution in [0, 0.1) is 5.92 Å². The number of ether oxygens (including phenoxy) is 2. The lowest BCUT2D eigenvalue weighted by atomic mass is 9.93. The fourth-order valence-corrected chi connectivity index (χ4v) is 2.94. The minimum atomic E-state index is -0.0951. The van der Waals surface area contributed by atoms with E-state index in [9.17, 15) is 4.79 Å². The predicted octanol–water partition coefficient (Wildman–Crippen LogP) is 2.86. The molecule has 1 saturated heterocycles. The average molecular weight is 291 g/mol. The Morgan fingerprint density at radius 2 is 2.05 bits per heavy atom. The normalized spacial score (nSPS) is 19.2. The maximum atomic E-state index is 11.2. The van der Waals surface area contributed by atoms with E-state index in [1.807, 2.05) is 12.1 Å². The smallest absolute Gasteiger partial charge is 0.305 e. The van der Waals surface area contributed by atoms with Crippen molar-refractivity contribution >= 4 is 5.97 Å². The lowest BCUT2D eigenvalue weighted by Gasteiger charge is -2.32. The summed E-state index contributed by atoms with van der Waals surface area (Å²) < 4.78 is 9.90. The van der Waals surface area contributed by atoms with Gasteiger partial charge in [-0.15, -0.1) is 0 Å². The summed E-state index contributed by atoms with van der Waals surface area (Å²) in [7, 11) is 3.14. The summed E-state index contributed by atoms with van der Waals surface area (Å²) in [6.07, 6.45) is 3.90. The number of methoxy groups -OCH3 is 2. The number of likely N-dealkylation sites (tertiary alicyclic amines) is 1. The van der Waals surface area contributed by atoms with Gasteiger partial charge in [0.15, 0.2) is 0 Å². The SMILES string of the molecule is COC(=O)CCC1CCCN(Cc2ccc(OC)cc2)C1. The molecule has 1 aliphatic rings. The van der Waals surface area contributed by atoms with Gasteiger partial charge in [-0.25, -0.2) is 0 Å². The van der Waals surface area contributed by atoms with E-state index in [0.717, 1.165) is 31.8 Å². The molecule has 116 valence electrons. The molecule has 0 saturated carbocycles. The molecule has 0 amide bonds. The van der Waals surface area contributed by atoms with Crippen molar-refractivity contribution < 1.29 is 14.3 Å². The van der Waals surface area contributed by atoms with Crippen LogP contribution in [0.15, 0.2) is 24.3 Å². The maximum absolute atomic E-state index is 11.2. The number of esters is 1. The zero-order chi connectivity index (χ0) is 15.1. The number of benzene rings is 1. The molecule has 1 aromatic rings. The molecule has 1 aromatic carbocycles. The van der Waals surface area contributed by atoms with E-state index in [-0.39, 0.29) is 5.97 Å². The molecule has 1 fully saturated rings. The largest absolute Gasteiger partial charge is 0.497 e. The second-order valence-corrected chi connectivity index (χ2v) is 5.71. The molecule has 1 unspecified atom stereocenters. The van der Waals surface area contributed by atoms with Crippen LogP contribution in [-0.4, -0.2) is 38.2 Å². The van der Waals surface area contributed by atoms with E-state index in [2.05, 4.69) is 17.0 Å². The van der Waals surface area contributed by atoms with Gasteiger partial charge in [0.25, 0.3) is 0 Å². The van der Waals surface area contributed by atoms with E-state index < -0.39 is 0 Å². The Balaban J connectivity index is 1.81. The summed E-state index contributed by atoms with van der Waals surface area (Å²) in [6.45, 7) is 3.18. The monoisotopic (exact) mass is 291 g/mol. The molecule has 0 N–H and O–H groups in total. The topological polar surface area (TPSA) is 38.8 Å². The lowest BCUT2D eigenvalue weighted by Crippen LogP contribution is -2.35. The Hall–Kier alpha value is -1.55. The van der Waals surface area contributed by atoms with Gasteiger partial charge in [0.05, 0.1) is 14.2 Å². The van der Waals surface area contributed by atoms with Crippen LogP contribution >= 0.6 is 0 Å². The Bertz CT molecular complexity index is 444. The highest BCUT2D eigenvalue weighted by molar-refractivity contribution is 5.69.